The molecule has 0 heterocycles. The summed E-state index contributed by atoms with van der Waals surface area (Å²) in [6.45, 7) is 5.81. The molecule has 0 aliphatic heterocycles. The van der Waals surface area contributed by atoms with Gasteiger partial charge in [0.2, 0.25) is 0 Å². The average Bonchev–Trinajstić information content (AvgIpc) is 2.41. The van der Waals surface area contributed by atoms with Gasteiger partial charge in [-0.3, -0.25) is 4.79 Å². The van der Waals surface area contributed by atoms with Gasteiger partial charge in [-0.2, -0.15) is 0 Å². The Bertz CT molecular complexity index is 491. The molecule has 5 heteroatoms. The molecule has 1 aromatic carbocycles. The van der Waals surface area contributed by atoms with Crippen molar-refractivity contribution in [2.75, 3.05) is 13.7 Å². The maximum Gasteiger partial charge on any atom is 0.407 e. The van der Waals surface area contributed by atoms with Crippen LogP contribution in [-0.2, 0) is 4.74 Å². The molecule has 5 nitrogen and oxygen atoms in total. The number of amides is 1. The number of alkyl carbamates (subject to hydrolysis) is 1. The number of methoxy groups -OCH3 is 1. The Morgan fingerprint density at radius 1 is 1.19 bits per heavy atom. The van der Waals surface area contributed by atoms with Gasteiger partial charge < -0.3 is 14.8 Å². The topological polar surface area (TPSA) is 64.6 Å². The van der Waals surface area contributed by atoms with E-state index in [1.807, 2.05) is 6.07 Å². The van der Waals surface area contributed by atoms with Crippen molar-refractivity contribution in [3.63, 3.8) is 0 Å². The predicted octanol–water partition coefficient (Wildman–Crippen LogP) is 3.18. The standard InChI is InChI=1S/C16H23NO4/c1-16(2,3)21-15(19)17-11-7-9-13(18)12-8-5-6-10-14(12)20-4/h5-6,8,10H,7,9,11H2,1-4H3,(H,17,19). The van der Waals surface area contributed by atoms with Crippen LogP contribution in [0.4, 0.5) is 4.79 Å². The number of rotatable bonds is 6. The lowest BCUT2D eigenvalue weighted by Crippen LogP contribution is -2.33. The third-order valence-corrected chi connectivity index (χ3v) is 2.66. The molecule has 0 unspecified atom stereocenters. The third kappa shape index (κ3) is 6.29. The molecular weight excluding hydrogens is 270 g/mol. The van der Waals surface area contributed by atoms with Crippen LogP contribution in [0.15, 0.2) is 24.3 Å². The van der Waals surface area contributed by atoms with Crippen molar-refractivity contribution in [2.45, 2.75) is 39.2 Å². The summed E-state index contributed by atoms with van der Waals surface area (Å²) in [6, 6.07) is 7.11. The zero-order chi connectivity index (χ0) is 15.9. The van der Waals surface area contributed by atoms with E-state index >= 15 is 0 Å². The molecule has 21 heavy (non-hydrogen) atoms. The van der Waals surface area contributed by atoms with Gasteiger partial charge in [0.1, 0.15) is 11.4 Å². The summed E-state index contributed by atoms with van der Waals surface area (Å²) in [5.74, 6) is 0.570. The Labute approximate surface area is 125 Å². The van der Waals surface area contributed by atoms with E-state index in [1.54, 1.807) is 39.0 Å². The highest BCUT2D eigenvalue weighted by Crippen LogP contribution is 2.19. The number of Topliss-reactive ketones (excluding diaryl/α,β-unsaturated/α-hetero) is 1. The maximum atomic E-state index is 12.1. The zero-order valence-electron chi connectivity index (χ0n) is 13.1. The highest BCUT2D eigenvalue weighted by Gasteiger charge is 2.16. The SMILES string of the molecule is COc1ccccc1C(=O)CCCNC(=O)OC(C)(C)C. The van der Waals surface area contributed by atoms with Crippen LogP contribution in [-0.4, -0.2) is 31.1 Å². The van der Waals surface area contributed by atoms with Crippen molar-refractivity contribution in [2.24, 2.45) is 0 Å². The summed E-state index contributed by atoms with van der Waals surface area (Å²) >= 11 is 0. The number of carbonyl (C=O) groups excluding carboxylic acids is 2. The zero-order valence-corrected chi connectivity index (χ0v) is 13.1. The van der Waals surface area contributed by atoms with Crippen LogP contribution in [0.2, 0.25) is 0 Å². The number of hydrogen-bond donors (Lipinski definition) is 1. The van der Waals surface area contributed by atoms with Gasteiger partial charge in [-0.05, 0) is 39.3 Å². The van der Waals surface area contributed by atoms with E-state index in [-0.39, 0.29) is 5.78 Å². The van der Waals surface area contributed by atoms with Gasteiger partial charge in [-0.25, -0.2) is 4.79 Å². The van der Waals surface area contributed by atoms with Gasteiger partial charge in [-0.15, -0.1) is 0 Å². The van der Waals surface area contributed by atoms with E-state index in [0.29, 0.717) is 30.7 Å². The molecule has 1 aromatic rings. The number of ether oxygens (including phenoxy) is 2. The van der Waals surface area contributed by atoms with Crippen molar-refractivity contribution < 1.29 is 19.1 Å². The lowest BCUT2D eigenvalue weighted by molar-refractivity contribution is 0.0525. The van der Waals surface area contributed by atoms with Gasteiger partial charge >= 0.3 is 6.09 Å². The molecule has 0 bridgehead atoms. The van der Waals surface area contributed by atoms with Gasteiger partial charge in [0.15, 0.2) is 5.78 Å². The molecule has 0 aliphatic rings. The van der Waals surface area contributed by atoms with Gasteiger partial charge in [0.25, 0.3) is 0 Å². The van der Waals surface area contributed by atoms with Crippen LogP contribution in [0.25, 0.3) is 0 Å². The molecule has 0 radical (unpaired) electrons. The molecule has 1 N–H and O–H groups in total. The third-order valence-electron chi connectivity index (χ3n) is 2.66. The van der Waals surface area contributed by atoms with Crippen LogP contribution in [0, 0.1) is 0 Å². The van der Waals surface area contributed by atoms with Crippen molar-refractivity contribution in [3.8, 4) is 5.75 Å². The number of hydrogen-bond acceptors (Lipinski definition) is 4. The molecule has 0 saturated heterocycles. The molecule has 0 atom stereocenters. The summed E-state index contributed by atoms with van der Waals surface area (Å²) in [5, 5.41) is 2.63. The second kappa shape index (κ2) is 7.67. The molecule has 0 fully saturated rings. The molecule has 0 saturated carbocycles. The first-order valence-electron chi connectivity index (χ1n) is 6.96. The van der Waals surface area contributed by atoms with Crippen LogP contribution in [0.1, 0.15) is 44.0 Å². The second-order valence-electron chi connectivity index (χ2n) is 5.66. The normalized spacial score (nSPS) is 10.9. The molecular formula is C16H23NO4. The fraction of sp³-hybridized carbons (Fsp3) is 0.500. The lowest BCUT2D eigenvalue weighted by Gasteiger charge is -2.19. The van der Waals surface area contributed by atoms with Gasteiger partial charge in [0.05, 0.1) is 12.7 Å². The highest BCUT2D eigenvalue weighted by atomic mass is 16.6. The van der Waals surface area contributed by atoms with Crippen molar-refractivity contribution in [1.82, 2.24) is 5.32 Å². The Morgan fingerprint density at radius 3 is 2.48 bits per heavy atom. The van der Waals surface area contributed by atoms with Crippen LogP contribution in [0.5, 0.6) is 5.75 Å². The number of nitrogens with one attached hydrogen (secondary N) is 1. The number of benzene rings is 1. The quantitative estimate of drug-likeness (QED) is 0.646. The highest BCUT2D eigenvalue weighted by molar-refractivity contribution is 5.98. The first-order valence-corrected chi connectivity index (χ1v) is 6.96. The molecule has 0 aromatic heterocycles. The van der Waals surface area contributed by atoms with Crippen LogP contribution >= 0.6 is 0 Å². The summed E-state index contributed by atoms with van der Waals surface area (Å²) in [4.78, 5) is 23.5. The van der Waals surface area contributed by atoms with Gasteiger partial charge in [0, 0.05) is 13.0 Å². The number of para-hydroxylation sites is 1. The summed E-state index contributed by atoms with van der Waals surface area (Å²) in [6.07, 6.45) is 0.430. The maximum absolute atomic E-state index is 12.1. The molecule has 1 amide bonds. The van der Waals surface area contributed by atoms with E-state index in [4.69, 9.17) is 9.47 Å². The van der Waals surface area contributed by atoms with E-state index in [2.05, 4.69) is 5.32 Å². The largest absolute Gasteiger partial charge is 0.496 e. The van der Waals surface area contributed by atoms with Crippen molar-refractivity contribution >= 4 is 11.9 Å². The first kappa shape index (κ1) is 17.0. The summed E-state index contributed by atoms with van der Waals surface area (Å²) in [7, 11) is 1.54. The van der Waals surface area contributed by atoms with Crippen LogP contribution < -0.4 is 10.1 Å². The van der Waals surface area contributed by atoms with Crippen molar-refractivity contribution in [1.29, 1.82) is 0 Å². The monoisotopic (exact) mass is 293 g/mol. The summed E-state index contributed by atoms with van der Waals surface area (Å²) < 4.78 is 10.3. The van der Waals surface area contributed by atoms with E-state index < -0.39 is 11.7 Å². The smallest absolute Gasteiger partial charge is 0.407 e. The molecule has 0 spiro atoms. The molecule has 0 aliphatic carbocycles. The predicted molar refractivity (Wildman–Crippen MR) is 80.8 cm³/mol. The minimum absolute atomic E-state index is 0.00145. The second-order valence-corrected chi connectivity index (χ2v) is 5.66. The number of ketones is 1. The fourth-order valence-corrected chi connectivity index (χ4v) is 1.76. The Balaban J connectivity index is 2.36. The Morgan fingerprint density at radius 2 is 1.86 bits per heavy atom. The lowest BCUT2D eigenvalue weighted by atomic mass is 10.1. The van der Waals surface area contributed by atoms with Gasteiger partial charge in [-0.1, -0.05) is 12.1 Å². The van der Waals surface area contributed by atoms with Crippen molar-refractivity contribution in [3.05, 3.63) is 29.8 Å². The Kier molecular flexibility index (Phi) is 6.21. The minimum Gasteiger partial charge on any atom is -0.496 e. The Hall–Kier alpha value is -2.04. The van der Waals surface area contributed by atoms with Crippen LogP contribution in [0.3, 0.4) is 0 Å². The first-order chi connectivity index (χ1) is 9.83. The fourth-order valence-electron chi connectivity index (χ4n) is 1.76. The number of carbonyl (C=O) groups is 2. The minimum atomic E-state index is -0.517. The molecule has 116 valence electrons. The van der Waals surface area contributed by atoms with E-state index in [9.17, 15) is 9.59 Å². The average molecular weight is 293 g/mol. The molecule has 1 rings (SSSR count). The van der Waals surface area contributed by atoms with E-state index in [1.165, 1.54) is 7.11 Å². The van der Waals surface area contributed by atoms with E-state index in [0.717, 1.165) is 0 Å². The summed E-state index contributed by atoms with van der Waals surface area (Å²) in [5.41, 5.74) is 0.0504.